The predicted octanol–water partition coefficient (Wildman–Crippen LogP) is 8.06. The largest absolute Gasteiger partial charge is 0.507 e. The van der Waals surface area contributed by atoms with E-state index in [2.05, 4.69) is 96.2 Å². The van der Waals surface area contributed by atoms with E-state index in [-0.39, 0.29) is 34.5 Å². The van der Waals surface area contributed by atoms with Crippen LogP contribution in [0.5, 0.6) is 11.5 Å². The normalized spacial score (nSPS) is 10.6. The summed E-state index contributed by atoms with van der Waals surface area (Å²) in [4.78, 5) is 38.8. The molecular weight excluding hydrogens is 636 g/mol. The van der Waals surface area contributed by atoms with Crippen LogP contribution in [0.2, 0.25) is 0 Å². The van der Waals surface area contributed by atoms with Crippen LogP contribution in [-0.4, -0.2) is 56.0 Å². The number of hydrogen-bond acceptors (Lipinski definition) is 8. The number of carboxylic acids is 2. The van der Waals surface area contributed by atoms with Crippen molar-refractivity contribution in [3.8, 4) is 11.5 Å². The maximum atomic E-state index is 10.8. The maximum Gasteiger partial charge on any atom is 0.303 e. The summed E-state index contributed by atoms with van der Waals surface area (Å²) >= 11 is 0. The Balaban J connectivity index is -0.000000697. The van der Waals surface area contributed by atoms with Crippen molar-refractivity contribution >= 4 is 35.6 Å². The van der Waals surface area contributed by atoms with Gasteiger partial charge in [0.05, 0.1) is 0 Å². The second-order valence-corrected chi connectivity index (χ2v) is 15.4. The van der Waals surface area contributed by atoms with Crippen molar-refractivity contribution in [2.24, 2.45) is 0 Å². The number of hydrogen-bond donors (Lipinski definition) is 6. The molecular formula is C40H58N2O8. The molecule has 10 nitrogen and oxygen atoms in total. The fourth-order valence-corrected chi connectivity index (χ4v) is 4.47. The fourth-order valence-electron chi connectivity index (χ4n) is 4.47. The number of nitrogens with one attached hydrogen (secondary N) is 2. The lowest BCUT2D eigenvalue weighted by molar-refractivity contribution is -0.138. The van der Waals surface area contributed by atoms with Gasteiger partial charge in [0, 0.05) is 12.8 Å². The number of phenolic OH excluding ortho intramolecular Hbond substituents is 2. The minimum Gasteiger partial charge on any atom is -0.507 e. The van der Waals surface area contributed by atoms with Gasteiger partial charge in [-0.2, -0.15) is 0 Å². The molecule has 0 aliphatic carbocycles. The molecule has 0 amide bonds. The van der Waals surface area contributed by atoms with Gasteiger partial charge in [0.1, 0.15) is 11.5 Å². The zero-order valence-corrected chi connectivity index (χ0v) is 32.0. The first-order valence-corrected chi connectivity index (χ1v) is 15.9. The van der Waals surface area contributed by atoms with Gasteiger partial charge in [0.15, 0.2) is 0 Å². The number of aliphatic carboxylic acids is 2. The summed E-state index contributed by atoms with van der Waals surface area (Å²) in [6.45, 7) is 30.4. The Bertz CT molecular complexity index is 1370. The number of carboxylic acid groups (broad SMARTS) is 2. The van der Waals surface area contributed by atoms with Crippen LogP contribution in [-0.2, 0) is 53.7 Å². The van der Waals surface area contributed by atoms with Gasteiger partial charge < -0.3 is 20.4 Å². The maximum absolute atomic E-state index is 10.8. The zero-order chi connectivity index (χ0) is 40.3. The van der Waals surface area contributed by atoms with E-state index >= 15 is 0 Å². The van der Waals surface area contributed by atoms with Gasteiger partial charge in [-0.3, -0.25) is 20.4 Å². The van der Waals surface area contributed by atoms with Crippen LogP contribution in [0.15, 0.2) is 37.4 Å². The highest BCUT2D eigenvalue weighted by Gasteiger charge is 2.27. The minimum atomic E-state index is -0.798. The molecule has 2 aromatic rings. The van der Waals surface area contributed by atoms with E-state index in [1.165, 1.54) is 0 Å². The van der Waals surface area contributed by atoms with Crippen LogP contribution in [0.3, 0.4) is 0 Å². The van der Waals surface area contributed by atoms with Crippen molar-refractivity contribution in [2.75, 3.05) is 0 Å². The minimum absolute atomic E-state index is 0.109. The SMILES string of the molecule is C=C=N.C=C=N.CC(C)(C)c1cc(CCC(=O)O)cc(C(C)(C)C)c1O.CC(C)(C)c1cc(CCC(=O)O)cc(C(C)(C)C)c1O.O=C=C=O. The number of carbonyl (C=O) groups excluding carboxylic acids is 2. The molecule has 0 fully saturated rings. The average Bonchev–Trinajstić information content (AvgIpc) is 2.94. The van der Waals surface area contributed by atoms with Crippen molar-refractivity contribution in [3.63, 3.8) is 0 Å². The number of phenols is 2. The zero-order valence-electron chi connectivity index (χ0n) is 32.0. The third-order valence-corrected chi connectivity index (χ3v) is 6.87. The van der Waals surface area contributed by atoms with Crippen LogP contribution in [0.25, 0.3) is 0 Å². The molecule has 0 spiro atoms. The molecule has 10 heteroatoms. The van der Waals surface area contributed by atoms with Gasteiger partial charge in [-0.15, -0.1) is 0 Å². The summed E-state index contributed by atoms with van der Waals surface area (Å²) < 4.78 is 0. The molecule has 0 unspecified atom stereocenters. The first kappa shape index (κ1) is 49.4. The Morgan fingerprint density at radius 3 is 0.860 bits per heavy atom. The van der Waals surface area contributed by atoms with Crippen LogP contribution < -0.4 is 0 Å². The van der Waals surface area contributed by atoms with Gasteiger partial charge in [-0.25, -0.2) is 9.59 Å². The Labute approximate surface area is 298 Å². The second-order valence-electron chi connectivity index (χ2n) is 15.4. The molecule has 2 aromatic carbocycles. The van der Waals surface area contributed by atoms with Crippen molar-refractivity contribution in [1.29, 1.82) is 10.8 Å². The smallest absolute Gasteiger partial charge is 0.303 e. The third-order valence-electron chi connectivity index (χ3n) is 6.87. The van der Waals surface area contributed by atoms with Crippen LogP contribution in [0.1, 0.15) is 129 Å². The number of aryl methyl sites for hydroxylation is 2. The molecule has 50 heavy (non-hydrogen) atoms. The highest BCUT2D eigenvalue weighted by atomic mass is 16.4. The summed E-state index contributed by atoms with van der Waals surface area (Å²) in [5, 5.41) is 50.5. The number of rotatable bonds is 6. The number of carbonyl (C=O) groups is 2. The third kappa shape index (κ3) is 19.8. The van der Waals surface area contributed by atoms with Crippen LogP contribution in [0.4, 0.5) is 0 Å². The molecule has 0 radical (unpaired) electrons. The topological polar surface area (TPSA) is 197 Å². The van der Waals surface area contributed by atoms with Crippen molar-refractivity contribution in [1.82, 2.24) is 0 Å². The summed E-state index contributed by atoms with van der Waals surface area (Å²) in [7, 11) is 0. The van der Waals surface area contributed by atoms with Gasteiger partial charge in [0.2, 0.25) is 11.9 Å². The molecule has 0 aromatic heterocycles. The molecule has 6 N–H and O–H groups in total. The Morgan fingerprint density at radius 1 is 0.560 bits per heavy atom. The lowest BCUT2D eigenvalue weighted by Gasteiger charge is -2.28. The van der Waals surface area contributed by atoms with Crippen molar-refractivity contribution < 1.29 is 39.6 Å². The highest BCUT2D eigenvalue weighted by Crippen LogP contribution is 2.41. The Kier molecular flexibility index (Phi) is 21.6. The first-order chi connectivity index (χ1) is 22.6. The molecule has 0 heterocycles. The monoisotopic (exact) mass is 694 g/mol. The van der Waals surface area contributed by atoms with Crippen molar-refractivity contribution in [2.45, 2.75) is 130 Å². The molecule has 0 aliphatic heterocycles. The van der Waals surface area contributed by atoms with E-state index in [1.54, 1.807) is 11.7 Å². The molecule has 0 atom stereocenters. The summed E-state index contributed by atoms with van der Waals surface area (Å²) in [6.07, 6.45) is 1.19. The van der Waals surface area contributed by atoms with Gasteiger partial charge in [-0.05, 0) is 92.8 Å². The number of benzene rings is 2. The molecule has 0 bridgehead atoms. The van der Waals surface area contributed by atoms with Crippen LogP contribution >= 0.6 is 0 Å². The lowest BCUT2D eigenvalue weighted by Crippen LogP contribution is -2.18. The van der Waals surface area contributed by atoms with Crippen LogP contribution in [0, 0.1) is 10.8 Å². The molecule has 0 saturated heterocycles. The molecule has 276 valence electrons. The Hall–Kier alpha value is -4.96. The van der Waals surface area contributed by atoms with Gasteiger partial charge >= 0.3 is 11.9 Å². The number of aromatic hydroxyl groups is 2. The van der Waals surface area contributed by atoms with E-state index in [9.17, 15) is 19.8 Å². The van der Waals surface area contributed by atoms with E-state index in [0.717, 1.165) is 45.3 Å². The van der Waals surface area contributed by atoms with Crippen molar-refractivity contribution in [3.05, 3.63) is 70.8 Å². The van der Waals surface area contributed by atoms with E-state index in [0.29, 0.717) is 24.3 Å². The summed E-state index contributed by atoms with van der Waals surface area (Å²) in [6, 6.07) is 7.75. The summed E-state index contributed by atoms with van der Waals surface area (Å²) in [5.41, 5.74) is 4.76. The second kappa shape index (κ2) is 21.9. The van der Waals surface area contributed by atoms with Gasteiger partial charge in [0.25, 0.3) is 0 Å². The highest BCUT2D eigenvalue weighted by molar-refractivity contribution is 5.81. The average molecular weight is 695 g/mol. The molecule has 0 aliphatic rings. The predicted molar refractivity (Wildman–Crippen MR) is 201 cm³/mol. The lowest BCUT2D eigenvalue weighted by atomic mass is 9.78. The van der Waals surface area contributed by atoms with E-state index < -0.39 is 11.9 Å². The Morgan fingerprint density at radius 2 is 0.740 bits per heavy atom. The quantitative estimate of drug-likeness (QED) is 0.129. The van der Waals surface area contributed by atoms with E-state index in [4.69, 9.17) is 30.6 Å². The molecule has 0 saturated carbocycles. The first-order valence-electron chi connectivity index (χ1n) is 15.9. The van der Waals surface area contributed by atoms with Gasteiger partial charge in [-0.1, -0.05) is 107 Å². The van der Waals surface area contributed by atoms with E-state index in [1.807, 2.05) is 24.3 Å². The fraction of sp³-hybridized carbons (Fsp3) is 0.500. The standard InChI is InChI=1S/2C17H26O3.2C2H3N.C2O2/c2*1-16(2,3)12-9-11(7-8-14(18)19)10-13(15(12)20)17(4,5)6;2*1-2-3;3-1-2-4/h2*9-10,20H,7-8H2,1-6H3,(H,18,19);2*3H,1H2;. The molecule has 2 rings (SSSR count). The summed E-state index contributed by atoms with van der Waals surface area (Å²) in [5.74, 6) is 4.33.